The molecule has 0 aliphatic rings. The molecule has 2 aromatic carbocycles. The summed E-state index contributed by atoms with van der Waals surface area (Å²) in [4.78, 5) is 11.8. The van der Waals surface area contributed by atoms with E-state index in [-0.39, 0.29) is 18.9 Å². The Morgan fingerprint density at radius 2 is 2.04 bits per heavy atom. The van der Waals surface area contributed by atoms with Gasteiger partial charge in [-0.25, -0.2) is 0 Å². The monoisotopic (exact) mass is 333 g/mol. The molecule has 2 N–H and O–H groups in total. The first kappa shape index (κ1) is 17.3. The van der Waals surface area contributed by atoms with Crippen LogP contribution in [0.3, 0.4) is 0 Å². The van der Waals surface area contributed by atoms with Gasteiger partial charge in [-0.1, -0.05) is 41.9 Å². The molecule has 2 rings (SSSR count). The lowest BCUT2D eigenvalue weighted by atomic mass is 10.1. The Hall–Kier alpha value is -2.04. The van der Waals surface area contributed by atoms with E-state index in [0.717, 1.165) is 11.1 Å². The molecule has 0 saturated carbocycles. The molecule has 0 aliphatic carbocycles. The van der Waals surface area contributed by atoms with E-state index in [2.05, 4.69) is 5.32 Å². The standard InChI is InChI=1S/C18H20ClNO3/c1-13(21)11-20-18(22)10-14-5-4-7-16(9-14)23-12-15-6-2-3-8-17(15)19/h2-9,13,21H,10-12H2,1H3,(H,20,22). The van der Waals surface area contributed by atoms with Crippen molar-refractivity contribution < 1.29 is 14.6 Å². The lowest BCUT2D eigenvalue weighted by Gasteiger charge is -2.10. The summed E-state index contributed by atoms with van der Waals surface area (Å²) < 4.78 is 5.74. The van der Waals surface area contributed by atoms with E-state index in [1.807, 2.05) is 48.5 Å². The van der Waals surface area contributed by atoms with Crippen molar-refractivity contribution in [3.05, 3.63) is 64.7 Å². The Balaban J connectivity index is 1.92. The van der Waals surface area contributed by atoms with E-state index in [9.17, 15) is 4.79 Å². The second-order valence-electron chi connectivity index (χ2n) is 5.36. The molecule has 5 heteroatoms. The van der Waals surface area contributed by atoms with Crippen molar-refractivity contribution in [2.45, 2.75) is 26.1 Å². The van der Waals surface area contributed by atoms with Gasteiger partial charge in [0.15, 0.2) is 0 Å². The fourth-order valence-corrected chi connectivity index (χ4v) is 2.22. The molecule has 0 radical (unpaired) electrons. The van der Waals surface area contributed by atoms with Gasteiger partial charge < -0.3 is 15.2 Å². The number of aliphatic hydroxyl groups excluding tert-OH is 1. The van der Waals surface area contributed by atoms with E-state index in [0.29, 0.717) is 17.4 Å². The van der Waals surface area contributed by atoms with Crippen molar-refractivity contribution in [3.8, 4) is 5.75 Å². The molecule has 122 valence electrons. The maximum Gasteiger partial charge on any atom is 0.224 e. The first-order valence-corrected chi connectivity index (χ1v) is 7.82. The van der Waals surface area contributed by atoms with E-state index < -0.39 is 6.10 Å². The third-order valence-electron chi connectivity index (χ3n) is 3.21. The van der Waals surface area contributed by atoms with Crippen LogP contribution in [-0.4, -0.2) is 23.7 Å². The quantitative estimate of drug-likeness (QED) is 0.819. The number of nitrogens with one attached hydrogen (secondary N) is 1. The van der Waals surface area contributed by atoms with Crippen LogP contribution in [0.1, 0.15) is 18.1 Å². The first-order chi connectivity index (χ1) is 11.0. The van der Waals surface area contributed by atoms with Crippen LogP contribution in [0.2, 0.25) is 5.02 Å². The molecule has 0 spiro atoms. The van der Waals surface area contributed by atoms with E-state index in [1.54, 1.807) is 6.92 Å². The molecule has 1 atom stereocenters. The molecule has 1 unspecified atom stereocenters. The summed E-state index contributed by atoms with van der Waals surface area (Å²) in [5.41, 5.74) is 1.76. The number of amides is 1. The summed E-state index contributed by atoms with van der Waals surface area (Å²) >= 11 is 6.10. The highest BCUT2D eigenvalue weighted by atomic mass is 35.5. The topological polar surface area (TPSA) is 58.6 Å². The number of rotatable bonds is 7. The number of carbonyl (C=O) groups is 1. The number of benzene rings is 2. The number of carbonyl (C=O) groups excluding carboxylic acids is 1. The number of aliphatic hydroxyl groups is 1. The third-order valence-corrected chi connectivity index (χ3v) is 3.58. The van der Waals surface area contributed by atoms with Crippen LogP contribution in [-0.2, 0) is 17.8 Å². The Morgan fingerprint density at radius 3 is 2.78 bits per heavy atom. The third kappa shape index (κ3) is 5.93. The number of halogens is 1. The highest BCUT2D eigenvalue weighted by Gasteiger charge is 2.06. The van der Waals surface area contributed by atoms with Crippen molar-refractivity contribution in [3.63, 3.8) is 0 Å². The van der Waals surface area contributed by atoms with E-state index in [4.69, 9.17) is 21.4 Å². The Labute approximate surface area is 141 Å². The van der Waals surface area contributed by atoms with Gasteiger partial charge in [-0.05, 0) is 30.7 Å². The van der Waals surface area contributed by atoms with Gasteiger partial charge in [-0.3, -0.25) is 4.79 Å². The van der Waals surface area contributed by atoms with Crippen molar-refractivity contribution in [1.29, 1.82) is 0 Å². The zero-order valence-corrected chi connectivity index (χ0v) is 13.7. The molecule has 0 bridgehead atoms. The SMILES string of the molecule is CC(O)CNC(=O)Cc1cccc(OCc2ccccc2Cl)c1. The minimum atomic E-state index is -0.552. The van der Waals surface area contributed by atoms with Crippen LogP contribution < -0.4 is 10.1 Å². The van der Waals surface area contributed by atoms with Crippen molar-refractivity contribution >= 4 is 17.5 Å². The van der Waals surface area contributed by atoms with Gasteiger partial charge in [0.05, 0.1) is 12.5 Å². The predicted molar refractivity (Wildman–Crippen MR) is 90.6 cm³/mol. The maximum absolute atomic E-state index is 11.8. The minimum Gasteiger partial charge on any atom is -0.489 e. The molecular weight excluding hydrogens is 314 g/mol. The molecule has 0 aromatic heterocycles. The summed E-state index contributed by atoms with van der Waals surface area (Å²) in [6.45, 7) is 2.25. The first-order valence-electron chi connectivity index (χ1n) is 7.44. The van der Waals surface area contributed by atoms with Gasteiger partial charge in [0, 0.05) is 17.1 Å². The van der Waals surface area contributed by atoms with Crippen molar-refractivity contribution in [2.75, 3.05) is 6.54 Å². The van der Waals surface area contributed by atoms with Crippen LogP contribution in [0.25, 0.3) is 0 Å². The highest BCUT2D eigenvalue weighted by Crippen LogP contribution is 2.19. The lowest BCUT2D eigenvalue weighted by molar-refractivity contribution is -0.120. The van der Waals surface area contributed by atoms with Crippen LogP contribution in [0.5, 0.6) is 5.75 Å². The Kier molecular flexibility index (Phi) is 6.44. The van der Waals surface area contributed by atoms with Crippen LogP contribution in [0, 0.1) is 0 Å². The smallest absolute Gasteiger partial charge is 0.224 e. The Bertz CT molecular complexity index is 658. The summed E-state index contributed by atoms with van der Waals surface area (Å²) in [6, 6.07) is 14.9. The largest absolute Gasteiger partial charge is 0.489 e. The van der Waals surface area contributed by atoms with Gasteiger partial charge in [0.2, 0.25) is 5.91 Å². The molecule has 0 saturated heterocycles. The highest BCUT2D eigenvalue weighted by molar-refractivity contribution is 6.31. The minimum absolute atomic E-state index is 0.130. The molecule has 0 fully saturated rings. The fourth-order valence-electron chi connectivity index (χ4n) is 2.03. The van der Waals surface area contributed by atoms with Gasteiger partial charge in [0.1, 0.15) is 12.4 Å². The van der Waals surface area contributed by atoms with Gasteiger partial charge in [-0.2, -0.15) is 0 Å². The van der Waals surface area contributed by atoms with Gasteiger partial charge >= 0.3 is 0 Å². The molecule has 0 heterocycles. The Morgan fingerprint density at radius 1 is 1.26 bits per heavy atom. The number of hydrogen-bond donors (Lipinski definition) is 2. The summed E-state index contributed by atoms with van der Waals surface area (Å²) in [7, 11) is 0. The van der Waals surface area contributed by atoms with E-state index in [1.165, 1.54) is 0 Å². The van der Waals surface area contributed by atoms with Crippen molar-refractivity contribution in [2.24, 2.45) is 0 Å². The molecular formula is C18H20ClNO3. The zero-order chi connectivity index (χ0) is 16.7. The summed E-state index contributed by atoms with van der Waals surface area (Å²) in [5.74, 6) is 0.555. The predicted octanol–water partition coefficient (Wildman–Crippen LogP) is 2.96. The number of hydrogen-bond acceptors (Lipinski definition) is 3. The normalized spacial score (nSPS) is 11.8. The average molecular weight is 334 g/mol. The van der Waals surface area contributed by atoms with E-state index >= 15 is 0 Å². The zero-order valence-electron chi connectivity index (χ0n) is 13.0. The maximum atomic E-state index is 11.8. The van der Waals surface area contributed by atoms with Gasteiger partial charge in [-0.15, -0.1) is 0 Å². The van der Waals surface area contributed by atoms with Crippen molar-refractivity contribution in [1.82, 2.24) is 5.32 Å². The fraction of sp³-hybridized carbons (Fsp3) is 0.278. The molecule has 1 amide bonds. The van der Waals surface area contributed by atoms with Crippen LogP contribution in [0.15, 0.2) is 48.5 Å². The molecule has 0 aliphatic heterocycles. The van der Waals surface area contributed by atoms with Crippen LogP contribution in [0.4, 0.5) is 0 Å². The summed E-state index contributed by atoms with van der Waals surface area (Å²) in [6.07, 6.45) is -0.306. The van der Waals surface area contributed by atoms with Crippen LogP contribution >= 0.6 is 11.6 Å². The van der Waals surface area contributed by atoms with Gasteiger partial charge in [0.25, 0.3) is 0 Å². The lowest BCUT2D eigenvalue weighted by Crippen LogP contribution is -2.31. The summed E-state index contributed by atoms with van der Waals surface area (Å²) in [5, 5.41) is 12.5. The second-order valence-corrected chi connectivity index (χ2v) is 5.76. The number of ether oxygens (including phenoxy) is 1. The average Bonchev–Trinajstić information content (AvgIpc) is 2.52. The second kappa shape index (κ2) is 8.56. The molecule has 23 heavy (non-hydrogen) atoms. The molecule has 2 aromatic rings. The molecule has 4 nitrogen and oxygen atoms in total.